The van der Waals surface area contributed by atoms with Gasteiger partial charge in [0.1, 0.15) is 11.6 Å². The number of benzene rings is 1. The van der Waals surface area contributed by atoms with Gasteiger partial charge in [-0.05, 0) is 30.2 Å². The number of carbonyl (C=O) groups is 1. The van der Waals surface area contributed by atoms with E-state index >= 15 is 0 Å². The van der Waals surface area contributed by atoms with Crippen LogP contribution < -0.4 is 10.1 Å². The van der Waals surface area contributed by atoms with E-state index in [0.717, 1.165) is 11.3 Å². The summed E-state index contributed by atoms with van der Waals surface area (Å²) in [7, 11) is 1.60. The zero-order valence-electron chi connectivity index (χ0n) is 8.93. The third-order valence-electron chi connectivity index (χ3n) is 2.09. The second kappa shape index (κ2) is 6.61. The molecule has 1 amide bonds. The zero-order valence-corrected chi connectivity index (χ0v) is 10.4. The first-order chi connectivity index (χ1) is 7.67. The van der Waals surface area contributed by atoms with Crippen LogP contribution in [0.2, 0.25) is 5.02 Å². The van der Waals surface area contributed by atoms with Crippen LogP contribution in [0.5, 0.6) is 5.75 Å². The number of hydrogen-bond donors (Lipinski definition) is 1. The van der Waals surface area contributed by atoms with Crippen LogP contribution in [0, 0.1) is 0 Å². The Morgan fingerprint density at radius 2 is 2.25 bits per heavy atom. The lowest BCUT2D eigenvalue weighted by Gasteiger charge is -2.07. The third-order valence-corrected chi connectivity index (χ3v) is 2.70. The van der Waals surface area contributed by atoms with E-state index in [2.05, 4.69) is 5.32 Å². The van der Waals surface area contributed by atoms with Crippen LogP contribution in [0.3, 0.4) is 0 Å². The summed E-state index contributed by atoms with van der Waals surface area (Å²) in [6.07, 6.45) is 0.651. The molecule has 0 unspecified atom stereocenters. The minimum Gasteiger partial charge on any atom is -0.497 e. The monoisotopic (exact) mass is 261 g/mol. The van der Waals surface area contributed by atoms with Gasteiger partial charge in [0.2, 0.25) is 5.91 Å². The van der Waals surface area contributed by atoms with Gasteiger partial charge in [0.05, 0.1) is 7.11 Å². The average Bonchev–Trinajstić information content (AvgIpc) is 2.31. The minimum atomic E-state index is -0.180. The Morgan fingerprint density at radius 3 is 2.88 bits per heavy atom. The molecule has 1 aromatic carbocycles. The lowest BCUT2D eigenvalue weighted by atomic mass is 10.1. The zero-order chi connectivity index (χ0) is 12.0. The number of halogens is 2. The van der Waals surface area contributed by atoms with Crippen molar-refractivity contribution in [1.29, 1.82) is 0 Å². The maximum Gasteiger partial charge on any atom is 0.234 e. The van der Waals surface area contributed by atoms with Crippen LogP contribution in [-0.2, 0) is 11.2 Å². The van der Waals surface area contributed by atoms with E-state index in [1.54, 1.807) is 19.2 Å². The molecule has 0 saturated heterocycles. The van der Waals surface area contributed by atoms with Crippen LogP contribution in [0.1, 0.15) is 5.56 Å². The van der Waals surface area contributed by atoms with Gasteiger partial charge in [-0.3, -0.25) is 4.79 Å². The molecule has 0 aliphatic rings. The molecule has 0 saturated carbocycles. The quantitative estimate of drug-likeness (QED) is 0.826. The summed E-state index contributed by atoms with van der Waals surface area (Å²) in [4.78, 5) is 10.9. The molecule has 0 heterocycles. The Morgan fingerprint density at radius 1 is 1.50 bits per heavy atom. The topological polar surface area (TPSA) is 38.3 Å². The van der Waals surface area contributed by atoms with Crippen molar-refractivity contribution >= 4 is 29.1 Å². The fourth-order valence-electron chi connectivity index (χ4n) is 1.25. The summed E-state index contributed by atoms with van der Waals surface area (Å²) < 4.78 is 5.09. The molecule has 0 aliphatic carbocycles. The van der Waals surface area contributed by atoms with E-state index in [1.807, 2.05) is 6.07 Å². The van der Waals surface area contributed by atoms with Gasteiger partial charge >= 0.3 is 0 Å². The van der Waals surface area contributed by atoms with E-state index < -0.39 is 0 Å². The number of ether oxygens (including phenoxy) is 1. The molecule has 0 spiro atoms. The van der Waals surface area contributed by atoms with E-state index in [9.17, 15) is 4.79 Å². The lowest BCUT2D eigenvalue weighted by Crippen LogP contribution is -2.26. The Bertz CT molecular complexity index is 369. The summed E-state index contributed by atoms with van der Waals surface area (Å²) in [5.41, 5.74) is 0.941. The number of amides is 1. The Balaban J connectivity index is 2.55. The first-order valence-electron chi connectivity index (χ1n) is 4.82. The van der Waals surface area contributed by atoms with Crippen molar-refractivity contribution in [3.8, 4) is 5.75 Å². The standard InChI is InChI=1S/C11H13Cl2NO2/c1-16-9-2-3-10(13)8(6-9)4-5-14-11(15)7-12/h2-3,6H,4-5,7H2,1H3,(H,14,15). The minimum absolute atomic E-state index is 0.0220. The van der Waals surface area contributed by atoms with Gasteiger partial charge in [-0.1, -0.05) is 11.6 Å². The molecule has 0 bridgehead atoms. The second-order valence-corrected chi connectivity index (χ2v) is 3.87. The van der Waals surface area contributed by atoms with Crippen LogP contribution >= 0.6 is 23.2 Å². The first-order valence-corrected chi connectivity index (χ1v) is 5.73. The fourth-order valence-corrected chi connectivity index (χ4v) is 1.56. The molecule has 0 aliphatic heterocycles. The molecule has 1 rings (SSSR count). The predicted octanol–water partition coefficient (Wildman–Crippen LogP) is 2.25. The fraction of sp³-hybridized carbons (Fsp3) is 0.364. The van der Waals surface area contributed by atoms with Crippen molar-refractivity contribution in [2.45, 2.75) is 6.42 Å². The molecule has 0 fully saturated rings. The van der Waals surface area contributed by atoms with Crippen molar-refractivity contribution in [3.63, 3.8) is 0 Å². The molecule has 0 atom stereocenters. The first kappa shape index (κ1) is 13.1. The smallest absolute Gasteiger partial charge is 0.234 e. The average molecular weight is 262 g/mol. The highest BCUT2D eigenvalue weighted by atomic mass is 35.5. The van der Waals surface area contributed by atoms with Crippen molar-refractivity contribution in [3.05, 3.63) is 28.8 Å². The largest absolute Gasteiger partial charge is 0.497 e. The molecule has 16 heavy (non-hydrogen) atoms. The number of rotatable bonds is 5. The molecule has 0 radical (unpaired) electrons. The number of alkyl halides is 1. The number of nitrogens with one attached hydrogen (secondary N) is 1. The van der Waals surface area contributed by atoms with Gasteiger partial charge in [0, 0.05) is 11.6 Å². The van der Waals surface area contributed by atoms with Gasteiger partial charge < -0.3 is 10.1 Å². The van der Waals surface area contributed by atoms with Crippen LogP contribution in [0.4, 0.5) is 0 Å². The predicted molar refractivity (Wildman–Crippen MR) is 65.4 cm³/mol. The molecule has 1 aromatic rings. The normalized spacial score (nSPS) is 9.94. The van der Waals surface area contributed by atoms with Crippen LogP contribution in [-0.4, -0.2) is 25.4 Å². The van der Waals surface area contributed by atoms with E-state index in [-0.39, 0.29) is 11.8 Å². The molecule has 0 aromatic heterocycles. The molecule has 3 nitrogen and oxygen atoms in total. The molecular weight excluding hydrogens is 249 g/mol. The maximum atomic E-state index is 10.9. The highest BCUT2D eigenvalue weighted by Gasteiger charge is 2.03. The summed E-state index contributed by atoms with van der Waals surface area (Å²) in [5.74, 6) is 0.551. The second-order valence-electron chi connectivity index (χ2n) is 3.19. The highest BCUT2D eigenvalue weighted by molar-refractivity contribution is 6.31. The van der Waals surface area contributed by atoms with Crippen molar-refractivity contribution in [2.75, 3.05) is 19.5 Å². The molecular formula is C11H13Cl2NO2. The summed E-state index contributed by atoms with van der Waals surface area (Å²) in [5, 5.41) is 3.34. The lowest BCUT2D eigenvalue weighted by molar-refractivity contribution is -0.118. The van der Waals surface area contributed by atoms with Crippen molar-refractivity contribution in [1.82, 2.24) is 5.32 Å². The van der Waals surface area contributed by atoms with Gasteiger partial charge in [-0.25, -0.2) is 0 Å². The van der Waals surface area contributed by atoms with E-state index in [4.69, 9.17) is 27.9 Å². The highest BCUT2D eigenvalue weighted by Crippen LogP contribution is 2.21. The van der Waals surface area contributed by atoms with Crippen LogP contribution in [0.25, 0.3) is 0 Å². The molecule has 1 N–H and O–H groups in total. The van der Waals surface area contributed by atoms with Crippen molar-refractivity contribution in [2.24, 2.45) is 0 Å². The Labute approximate surface area is 105 Å². The summed E-state index contributed by atoms with van der Waals surface area (Å²) in [6.45, 7) is 0.512. The van der Waals surface area contributed by atoms with E-state index in [1.165, 1.54) is 0 Å². The van der Waals surface area contributed by atoms with E-state index in [0.29, 0.717) is 18.0 Å². The number of methoxy groups -OCH3 is 1. The summed E-state index contributed by atoms with van der Waals surface area (Å²) >= 11 is 11.4. The SMILES string of the molecule is COc1ccc(Cl)c(CCNC(=O)CCl)c1. The van der Waals surface area contributed by atoms with Gasteiger partial charge in [0.15, 0.2) is 0 Å². The van der Waals surface area contributed by atoms with Gasteiger partial charge in [-0.2, -0.15) is 0 Å². The molecule has 5 heteroatoms. The molecule has 88 valence electrons. The maximum absolute atomic E-state index is 10.9. The summed E-state index contributed by atoms with van der Waals surface area (Å²) in [6, 6.07) is 5.43. The Kier molecular flexibility index (Phi) is 5.43. The van der Waals surface area contributed by atoms with Gasteiger partial charge in [0.25, 0.3) is 0 Å². The number of hydrogen-bond acceptors (Lipinski definition) is 2. The van der Waals surface area contributed by atoms with Crippen LogP contribution in [0.15, 0.2) is 18.2 Å². The third kappa shape index (κ3) is 3.91. The van der Waals surface area contributed by atoms with Gasteiger partial charge in [-0.15, -0.1) is 11.6 Å². The number of carbonyl (C=O) groups excluding carboxylic acids is 1. The van der Waals surface area contributed by atoms with Crippen molar-refractivity contribution < 1.29 is 9.53 Å². The Hall–Kier alpha value is -0.930.